The molecule has 2 rings (SSSR count). The van der Waals surface area contributed by atoms with E-state index in [0.29, 0.717) is 12.2 Å². The van der Waals surface area contributed by atoms with Crippen LogP contribution in [0.25, 0.3) is 0 Å². The fraction of sp³-hybridized carbons (Fsp3) is 0.526. The van der Waals surface area contributed by atoms with Crippen LogP contribution >= 0.6 is 0 Å². The number of ketones is 1. The van der Waals surface area contributed by atoms with Crippen molar-refractivity contribution in [2.45, 2.75) is 59.3 Å². The molecule has 108 valence electrons. The van der Waals surface area contributed by atoms with E-state index in [1.54, 1.807) is 0 Å². The molecule has 0 heterocycles. The number of aryl methyl sites for hydroxylation is 3. The molecular formula is C19H26O. The summed E-state index contributed by atoms with van der Waals surface area (Å²) >= 11 is 0. The predicted octanol–water partition coefficient (Wildman–Crippen LogP) is 4.59. The normalized spacial score (nSPS) is 18.6. The average molecular weight is 270 g/mol. The first kappa shape index (κ1) is 15.0. The lowest BCUT2D eigenvalue weighted by atomic mass is 9.88. The predicted molar refractivity (Wildman–Crippen MR) is 85.1 cm³/mol. The lowest BCUT2D eigenvalue weighted by molar-refractivity contribution is -0.121. The molecule has 0 radical (unpaired) electrons. The summed E-state index contributed by atoms with van der Waals surface area (Å²) in [4.78, 5) is 12.5. The van der Waals surface area contributed by atoms with Crippen molar-refractivity contribution < 1.29 is 4.79 Å². The molecule has 1 atom stereocenters. The van der Waals surface area contributed by atoms with Gasteiger partial charge in [-0.15, -0.1) is 0 Å². The first-order valence-electron chi connectivity index (χ1n) is 7.85. The standard InChI is InChI=1S/C19H26O/c1-5-15-10-14(4)11-16(6-2)18(15)12-19(20)17-8-7-13(3)9-17/h10-11,17H,3,5-9,12H2,1-2,4H3. The molecule has 1 nitrogen and oxygen atoms in total. The molecule has 1 aromatic carbocycles. The van der Waals surface area contributed by atoms with Gasteiger partial charge in [0.1, 0.15) is 5.78 Å². The van der Waals surface area contributed by atoms with Crippen molar-refractivity contribution in [1.29, 1.82) is 0 Å². The zero-order valence-electron chi connectivity index (χ0n) is 13.1. The molecule has 1 saturated carbocycles. The molecule has 1 aliphatic carbocycles. The third kappa shape index (κ3) is 3.20. The topological polar surface area (TPSA) is 17.1 Å². The zero-order valence-corrected chi connectivity index (χ0v) is 13.1. The van der Waals surface area contributed by atoms with E-state index in [9.17, 15) is 4.79 Å². The van der Waals surface area contributed by atoms with Crippen LogP contribution in [0.2, 0.25) is 0 Å². The Hall–Kier alpha value is -1.37. The van der Waals surface area contributed by atoms with Gasteiger partial charge in [0.25, 0.3) is 0 Å². The molecule has 0 spiro atoms. The van der Waals surface area contributed by atoms with Crippen LogP contribution in [0.5, 0.6) is 0 Å². The van der Waals surface area contributed by atoms with E-state index in [0.717, 1.165) is 32.1 Å². The van der Waals surface area contributed by atoms with Crippen molar-refractivity contribution in [2.24, 2.45) is 5.92 Å². The first-order chi connectivity index (χ1) is 9.55. The first-order valence-corrected chi connectivity index (χ1v) is 7.85. The minimum atomic E-state index is 0.221. The number of Topliss-reactive ketones (excluding diaryl/α,β-unsaturated/α-hetero) is 1. The van der Waals surface area contributed by atoms with Gasteiger partial charge in [-0.1, -0.05) is 43.7 Å². The summed E-state index contributed by atoms with van der Waals surface area (Å²) in [6, 6.07) is 4.49. The van der Waals surface area contributed by atoms with E-state index in [4.69, 9.17) is 0 Å². The maximum Gasteiger partial charge on any atom is 0.140 e. The second-order valence-electron chi connectivity index (χ2n) is 6.10. The van der Waals surface area contributed by atoms with Crippen LogP contribution in [-0.2, 0) is 24.1 Å². The van der Waals surface area contributed by atoms with Gasteiger partial charge in [0, 0.05) is 12.3 Å². The van der Waals surface area contributed by atoms with Crippen LogP contribution in [0, 0.1) is 12.8 Å². The number of hydrogen-bond acceptors (Lipinski definition) is 1. The lowest BCUT2D eigenvalue weighted by Crippen LogP contribution is -2.16. The zero-order chi connectivity index (χ0) is 14.7. The Balaban J connectivity index is 2.23. The number of benzene rings is 1. The summed E-state index contributed by atoms with van der Waals surface area (Å²) in [6.07, 6.45) is 5.58. The summed E-state index contributed by atoms with van der Waals surface area (Å²) in [5, 5.41) is 0. The molecule has 20 heavy (non-hydrogen) atoms. The summed E-state index contributed by atoms with van der Waals surface area (Å²) in [5.41, 5.74) is 6.56. The molecule has 0 saturated heterocycles. The molecule has 0 N–H and O–H groups in total. The molecule has 1 aliphatic rings. The Morgan fingerprint density at radius 3 is 2.30 bits per heavy atom. The average Bonchev–Trinajstić information content (AvgIpc) is 2.86. The van der Waals surface area contributed by atoms with Gasteiger partial charge in [-0.25, -0.2) is 0 Å². The van der Waals surface area contributed by atoms with Crippen molar-refractivity contribution in [2.75, 3.05) is 0 Å². The minimum absolute atomic E-state index is 0.221. The molecule has 0 bridgehead atoms. The van der Waals surface area contributed by atoms with E-state index in [2.05, 4.69) is 39.5 Å². The van der Waals surface area contributed by atoms with Crippen molar-refractivity contribution in [3.63, 3.8) is 0 Å². The minimum Gasteiger partial charge on any atom is -0.299 e. The summed E-state index contributed by atoms with van der Waals surface area (Å²) in [5.74, 6) is 0.634. The van der Waals surface area contributed by atoms with Crippen LogP contribution in [0.1, 0.15) is 55.4 Å². The summed E-state index contributed by atoms with van der Waals surface area (Å²) in [6.45, 7) is 10.5. The molecule has 0 aliphatic heterocycles. The fourth-order valence-corrected chi connectivity index (χ4v) is 3.35. The molecule has 1 aromatic rings. The maximum absolute atomic E-state index is 12.5. The van der Waals surface area contributed by atoms with Crippen molar-refractivity contribution >= 4 is 5.78 Å². The van der Waals surface area contributed by atoms with Crippen LogP contribution in [-0.4, -0.2) is 5.78 Å². The van der Waals surface area contributed by atoms with Gasteiger partial charge in [0.15, 0.2) is 0 Å². The number of hydrogen-bond donors (Lipinski definition) is 0. The van der Waals surface area contributed by atoms with E-state index >= 15 is 0 Å². The summed E-state index contributed by atoms with van der Waals surface area (Å²) in [7, 11) is 0. The largest absolute Gasteiger partial charge is 0.299 e. The van der Waals surface area contributed by atoms with Crippen LogP contribution in [0.15, 0.2) is 24.3 Å². The van der Waals surface area contributed by atoms with E-state index < -0.39 is 0 Å². The van der Waals surface area contributed by atoms with Gasteiger partial charge in [-0.2, -0.15) is 0 Å². The van der Waals surface area contributed by atoms with Crippen LogP contribution < -0.4 is 0 Å². The number of rotatable bonds is 5. The van der Waals surface area contributed by atoms with Gasteiger partial charge in [0.2, 0.25) is 0 Å². The van der Waals surface area contributed by atoms with Crippen molar-refractivity contribution in [3.8, 4) is 0 Å². The molecule has 1 fully saturated rings. The highest BCUT2D eigenvalue weighted by atomic mass is 16.1. The van der Waals surface area contributed by atoms with Crippen molar-refractivity contribution in [1.82, 2.24) is 0 Å². The lowest BCUT2D eigenvalue weighted by Gasteiger charge is -2.16. The number of allylic oxidation sites excluding steroid dienone is 1. The molecule has 1 heteroatoms. The Kier molecular flexibility index (Phi) is 4.80. The highest BCUT2D eigenvalue weighted by Crippen LogP contribution is 2.31. The van der Waals surface area contributed by atoms with Crippen LogP contribution in [0.4, 0.5) is 0 Å². The quantitative estimate of drug-likeness (QED) is 0.715. The van der Waals surface area contributed by atoms with Gasteiger partial charge in [-0.05, 0) is 55.7 Å². The van der Waals surface area contributed by atoms with Gasteiger partial charge >= 0.3 is 0 Å². The second kappa shape index (κ2) is 6.39. The maximum atomic E-state index is 12.5. The van der Waals surface area contributed by atoms with Gasteiger partial charge in [-0.3, -0.25) is 4.79 Å². The Labute approximate surface area is 123 Å². The van der Waals surface area contributed by atoms with Crippen LogP contribution in [0.3, 0.4) is 0 Å². The molecule has 0 amide bonds. The van der Waals surface area contributed by atoms with Gasteiger partial charge < -0.3 is 0 Å². The monoisotopic (exact) mass is 270 g/mol. The smallest absolute Gasteiger partial charge is 0.140 e. The second-order valence-corrected chi connectivity index (χ2v) is 6.10. The molecular weight excluding hydrogens is 244 g/mol. The summed E-state index contributed by atoms with van der Waals surface area (Å²) < 4.78 is 0. The number of carbonyl (C=O) groups excluding carboxylic acids is 1. The highest BCUT2D eigenvalue weighted by molar-refractivity contribution is 5.84. The van der Waals surface area contributed by atoms with Crippen molar-refractivity contribution in [3.05, 3.63) is 46.5 Å². The number of carbonyl (C=O) groups is 1. The fourth-order valence-electron chi connectivity index (χ4n) is 3.35. The Morgan fingerprint density at radius 2 is 1.85 bits per heavy atom. The van der Waals surface area contributed by atoms with E-state index in [1.807, 2.05) is 0 Å². The Bertz CT molecular complexity index is 500. The van der Waals surface area contributed by atoms with E-state index in [-0.39, 0.29) is 5.92 Å². The highest BCUT2D eigenvalue weighted by Gasteiger charge is 2.25. The third-order valence-electron chi connectivity index (χ3n) is 4.53. The Morgan fingerprint density at radius 1 is 1.25 bits per heavy atom. The molecule has 0 aromatic heterocycles. The van der Waals surface area contributed by atoms with E-state index in [1.165, 1.54) is 27.8 Å². The third-order valence-corrected chi connectivity index (χ3v) is 4.53. The SMILES string of the molecule is C=C1CCC(C(=O)Cc2c(CC)cc(C)cc2CC)C1. The molecule has 1 unspecified atom stereocenters. The van der Waals surface area contributed by atoms with Gasteiger partial charge in [0.05, 0.1) is 0 Å².